The summed E-state index contributed by atoms with van der Waals surface area (Å²) >= 11 is 0. The molecule has 0 N–H and O–H groups in total. The molecule has 0 radical (unpaired) electrons. The van der Waals surface area contributed by atoms with Gasteiger partial charge in [-0.25, -0.2) is 4.79 Å². The quantitative estimate of drug-likeness (QED) is 0.327. The average Bonchev–Trinajstić information content (AvgIpc) is 3.17. The first-order chi connectivity index (χ1) is 14.6. The van der Waals surface area contributed by atoms with Crippen molar-refractivity contribution in [2.45, 2.75) is 13.0 Å². The number of hydrogen-bond donors (Lipinski definition) is 0. The first-order valence-electron chi connectivity index (χ1n) is 10.4. The van der Waals surface area contributed by atoms with Crippen molar-refractivity contribution in [3.63, 3.8) is 0 Å². The Labute approximate surface area is 186 Å². The van der Waals surface area contributed by atoms with Crippen molar-refractivity contribution in [1.29, 1.82) is 0 Å². The predicted octanol–water partition coefficient (Wildman–Crippen LogP) is -0.557. The van der Waals surface area contributed by atoms with Crippen molar-refractivity contribution in [1.82, 2.24) is 23.6 Å². The molecular formula is C19H30ClN7O4. The van der Waals surface area contributed by atoms with Crippen LogP contribution in [-0.4, -0.2) is 89.1 Å². The Balaban J connectivity index is 0.00000272. The van der Waals surface area contributed by atoms with E-state index in [4.69, 9.17) is 14.5 Å². The van der Waals surface area contributed by atoms with Crippen LogP contribution in [0.5, 0.6) is 0 Å². The lowest BCUT2D eigenvalue weighted by atomic mass is 10.4. The zero-order valence-electron chi connectivity index (χ0n) is 18.0. The summed E-state index contributed by atoms with van der Waals surface area (Å²) in [7, 11) is 3.15. The van der Waals surface area contributed by atoms with E-state index in [-0.39, 0.29) is 23.7 Å². The summed E-state index contributed by atoms with van der Waals surface area (Å²) in [6.45, 7) is 7.06. The van der Waals surface area contributed by atoms with Crippen molar-refractivity contribution < 1.29 is 9.47 Å². The van der Waals surface area contributed by atoms with Crippen molar-refractivity contribution in [2.24, 2.45) is 19.1 Å². The number of aliphatic imine (C=N–C) groups is 1. The number of aromatic nitrogens is 4. The molecule has 2 aliphatic heterocycles. The molecule has 31 heavy (non-hydrogen) atoms. The number of nitrogens with zero attached hydrogens (tertiary/aromatic N) is 7. The van der Waals surface area contributed by atoms with E-state index in [0.717, 1.165) is 37.3 Å². The maximum absolute atomic E-state index is 12.9. The van der Waals surface area contributed by atoms with Crippen LogP contribution in [0.3, 0.4) is 0 Å². The molecule has 2 aromatic heterocycles. The Bertz CT molecular complexity index is 1030. The van der Waals surface area contributed by atoms with Crippen molar-refractivity contribution >= 4 is 35.9 Å². The molecular weight excluding hydrogens is 426 g/mol. The largest absolute Gasteiger partial charge is 0.378 e. The Morgan fingerprint density at radius 3 is 2.32 bits per heavy atom. The molecule has 4 rings (SSSR count). The Hall–Kier alpha value is -2.37. The predicted molar refractivity (Wildman–Crippen MR) is 121 cm³/mol. The molecule has 2 fully saturated rings. The first-order valence-corrected chi connectivity index (χ1v) is 10.4. The number of ether oxygens (including phenoxy) is 2. The number of rotatable bonds is 6. The minimum atomic E-state index is -0.374. The van der Waals surface area contributed by atoms with Crippen molar-refractivity contribution in [3.05, 3.63) is 20.8 Å². The summed E-state index contributed by atoms with van der Waals surface area (Å²) in [6, 6.07) is 0. The number of fused-ring (bicyclic) bond motifs is 1. The van der Waals surface area contributed by atoms with E-state index in [0.29, 0.717) is 56.5 Å². The summed E-state index contributed by atoms with van der Waals surface area (Å²) in [5, 5.41) is 0. The van der Waals surface area contributed by atoms with Crippen LogP contribution in [0.1, 0.15) is 6.42 Å². The van der Waals surface area contributed by atoms with E-state index >= 15 is 0 Å². The second-order valence-electron chi connectivity index (χ2n) is 7.56. The van der Waals surface area contributed by atoms with Gasteiger partial charge < -0.3 is 23.8 Å². The summed E-state index contributed by atoms with van der Waals surface area (Å²) in [4.78, 5) is 38.8. The van der Waals surface area contributed by atoms with E-state index in [2.05, 4.69) is 14.8 Å². The summed E-state index contributed by atoms with van der Waals surface area (Å²) < 4.78 is 15.3. The molecule has 2 saturated heterocycles. The smallest absolute Gasteiger partial charge is 0.332 e. The van der Waals surface area contributed by atoms with E-state index in [1.165, 1.54) is 11.6 Å². The zero-order valence-corrected chi connectivity index (χ0v) is 18.8. The molecule has 11 nitrogen and oxygen atoms in total. The lowest BCUT2D eigenvalue weighted by molar-refractivity contribution is 0.0700. The van der Waals surface area contributed by atoms with Crippen LogP contribution in [0, 0.1) is 0 Å². The first kappa shape index (κ1) is 23.3. The molecule has 0 atom stereocenters. The van der Waals surface area contributed by atoms with Crippen LogP contribution in [0.4, 0.5) is 5.95 Å². The van der Waals surface area contributed by atoms with Crippen LogP contribution in [-0.2, 0) is 30.1 Å². The molecule has 172 valence electrons. The lowest BCUT2D eigenvalue weighted by Crippen LogP contribution is -2.38. The maximum Gasteiger partial charge on any atom is 0.332 e. The van der Waals surface area contributed by atoms with Gasteiger partial charge in [0.1, 0.15) is 0 Å². The minimum absolute atomic E-state index is 0. The third-order valence-electron chi connectivity index (χ3n) is 5.58. The average molecular weight is 456 g/mol. The van der Waals surface area contributed by atoms with Crippen LogP contribution in [0.25, 0.3) is 11.2 Å². The third kappa shape index (κ3) is 4.78. The summed E-state index contributed by atoms with van der Waals surface area (Å²) in [6.07, 6.45) is 2.65. The molecule has 4 heterocycles. The van der Waals surface area contributed by atoms with Gasteiger partial charge in [0.15, 0.2) is 11.2 Å². The number of imidazole rings is 1. The Morgan fingerprint density at radius 2 is 1.65 bits per heavy atom. The van der Waals surface area contributed by atoms with Crippen LogP contribution < -0.4 is 16.1 Å². The zero-order chi connectivity index (χ0) is 21.1. The van der Waals surface area contributed by atoms with Gasteiger partial charge in [-0.3, -0.25) is 18.9 Å². The minimum Gasteiger partial charge on any atom is -0.378 e. The molecule has 0 saturated carbocycles. The molecule has 2 aliphatic rings. The van der Waals surface area contributed by atoms with E-state index in [9.17, 15) is 9.59 Å². The molecule has 0 amide bonds. The van der Waals surface area contributed by atoms with Crippen molar-refractivity contribution in [2.75, 3.05) is 64.1 Å². The molecule has 0 unspecified atom stereocenters. The van der Waals surface area contributed by atoms with E-state index in [1.54, 1.807) is 7.05 Å². The van der Waals surface area contributed by atoms with Gasteiger partial charge in [0, 0.05) is 53.4 Å². The highest BCUT2D eigenvalue weighted by Crippen LogP contribution is 2.21. The molecule has 0 aromatic carbocycles. The second kappa shape index (κ2) is 10.3. The van der Waals surface area contributed by atoms with Gasteiger partial charge in [0.25, 0.3) is 5.56 Å². The number of halogens is 1. The monoisotopic (exact) mass is 455 g/mol. The standard InChI is InChI=1S/C19H29N7O4.ClH/c1-22-16-15(17(27)23(2)19(22)28)26(18(21-16)25-8-12-30-13-9-25)5-3-4-20-14-24-6-10-29-11-7-24;/h14H,3-13H2,1-2H3;1H. The highest BCUT2D eigenvalue weighted by atomic mass is 35.5. The highest BCUT2D eigenvalue weighted by Gasteiger charge is 2.23. The van der Waals surface area contributed by atoms with Crippen LogP contribution in [0.2, 0.25) is 0 Å². The maximum atomic E-state index is 12.9. The van der Waals surface area contributed by atoms with Crippen LogP contribution >= 0.6 is 12.4 Å². The number of hydrogen-bond acceptors (Lipinski definition) is 7. The number of aryl methyl sites for hydroxylation is 2. The SMILES string of the molecule is Cl.Cn1c(=O)c2c(nc(N3CCOCC3)n2CCCN=CN2CCOCC2)n(C)c1=O. The topological polar surface area (TPSA) is 99.1 Å². The normalized spacial score (nSPS) is 17.5. The molecule has 2 aromatic rings. The second-order valence-corrected chi connectivity index (χ2v) is 7.56. The Kier molecular flexibility index (Phi) is 7.74. The summed E-state index contributed by atoms with van der Waals surface area (Å²) in [5.41, 5.74) is 0.178. The van der Waals surface area contributed by atoms with Crippen LogP contribution in [0.15, 0.2) is 14.6 Å². The van der Waals surface area contributed by atoms with E-state index in [1.807, 2.05) is 10.9 Å². The number of anilines is 1. The Morgan fingerprint density at radius 1 is 1.00 bits per heavy atom. The van der Waals surface area contributed by atoms with Gasteiger partial charge in [0.05, 0.1) is 32.8 Å². The molecule has 12 heteroatoms. The van der Waals surface area contributed by atoms with Gasteiger partial charge in [-0.2, -0.15) is 4.98 Å². The van der Waals surface area contributed by atoms with Gasteiger partial charge in [-0.15, -0.1) is 12.4 Å². The highest BCUT2D eigenvalue weighted by molar-refractivity contribution is 5.85. The third-order valence-corrected chi connectivity index (χ3v) is 5.58. The van der Waals surface area contributed by atoms with E-state index < -0.39 is 0 Å². The summed E-state index contributed by atoms with van der Waals surface area (Å²) in [5.74, 6) is 0.712. The number of morpholine rings is 2. The fourth-order valence-corrected chi connectivity index (χ4v) is 3.84. The molecule has 0 spiro atoms. The van der Waals surface area contributed by atoms with Gasteiger partial charge >= 0.3 is 5.69 Å². The fourth-order valence-electron chi connectivity index (χ4n) is 3.84. The van der Waals surface area contributed by atoms with Crippen molar-refractivity contribution in [3.8, 4) is 0 Å². The molecule has 0 bridgehead atoms. The molecule has 0 aliphatic carbocycles. The van der Waals surface area contributed by atoms with Gasteiger partial charge in [-0.1, -0.05) is 0 Å². The fraction of sp³-hybridized carbons (Fsp3) is 0.684. The lowest BCUT2D eigenvalue weighted by Gasteiger charge is -2.28. The van der Waals surface area contributed by atoms with Gasteiger partial charge in [0.2, 0.25) is 5.95 Å². The van der Waals surface area contributed by atoms with Gasteiger partial charge in [-0.05, 0) is 6.42 Å².